The number of allylic oxidation sites excluding steroid dienone is 2. The van der Waals surface area contributed by atoms with E-state index in [0.29, 0.717) is 0 Å². The van der Waals surface area contributed by atoms with Crippen molar-refractivity contribution in [3.63, 3.8) is 0 Å². The highest BCUT2D eigenvalue weighted by atomic mass is 14.9. The van der Waals surface area contributed by atoms with E-state index < -0.39 is 0 Å². The second-order valence-electron chi connectivity index (χ2n) is 12.0. The lowest BCUT2D eigenvalue weighted by Gasteiger charge is -2.22. The van der Waals surface area contributed by atoms with Crippen molar-refractivity contribution in [1.82, 2.24) is 15.3 Å². The first kappa shape index (κ1) is 29.1. The third-order valence-corrected chi connectivity index (χ3v) is 8.77. The summed E-state index contributed by atoms with van der Waals surface area (Å²) in [4.78, 5) is 10.0. The first-order valence-corrected chi connectivity index (χ1v) is 16.3. The molecule has 0 fully saturated rings. The van der Waals surface area contributed by atoms with Gasteiger partial charge in [0, 0.05) is 22.9 Å². The minimum absolute atomic E-state index is 0.0229. The molecule has 1 N–H and O–H groups in total. The highest BCUT2D eigenvalue weighted by molar-refractivity contribution is 5.81. The van der Waals surface area contributed by atoms with Crippen LogP contribution in [-0.4, -0.2) is 9.97 Å². The minimum Gasteiger partial charge on any atom is -0.381 e. The molecular formula is C45H33N3. The molecule has 48 heavy (non-hydrogen) atoms. The molecule has 3 heterocycles. The van der Waals surface area contributed by atoms with Crippen molar-refractivity contribution in [2.24, 2.45) is 0 Å². The zero-order valence-electron chi connectivity index (χ0n) is 26.4. The Morgan fingerprint density at radius 3 is 1.56 bits per heavy atom. The molecule has 0 saturated carbocycles. The average molecular weight is 616 g/mol. The SMILES string of the molecule is C1=CC(c2ccccc2)=CC(c2cc(-c3cc(-c4ccccc4)nc(-c4ccccc4)c3)cc(-c3cc(-c4ccccc4)ccn3)c2)N1. The molecule has 3 nitrogen and oxygen atoms in total. The van der Waals surface area contributed by atoms with Gasteiger partial charge in [0.1, 0.15) is 0 Å². The summed E-state index contributed by atoms with van der Waals surface area (Å²) < 4.78 is 0. The molecule has 0 radical (unpaired) electrons. The first-order chi connectivity index (χ1) is 23.8. The molecule has 1 unspecified atom stereocenters. The van der Waals surface area contributed by atoms with Crippen LogP contribution < -0.4 is 5.32 Å². The number of nitrogens with zero attached hydrogens (tertiary/aromatic N) is 2. The molecule has 2 aromatic heterocycles. The van der Waals surface area contributed by atoms with Gasteiger partial charge in [-0.05, 0) is 99.8 Å². The molecule has 0 spiro atoms. The molecule has 1 atom stereocenters. The fourth-order valence-corrected chi connectivity index (χ4v) is 6.30. The third kappa shape index (κ3) is 6.22. The van der Waals surface area contributed by atoms with E-state index in [1.165, 1.54) is 16.7 Å². The zero-order valence-corrected chi connectivity index (χ0v) is 26.4. The normalized spacial score (nSPS) is 13.8. The Labute approximate surface area is 281 Å². The van der Waals surface area contributed by atoms with E-state index in [9.17, 15) is 0 Å². The van der Waals surface area contributed by atoms with Gasteiger partial charge < -0.3 is 5.32 Å². The van der Waals surface area contributed by atoms with Crippen LogP contribution in [0.2, 0.25) is 0 Å². The van der Waals surface area contributed by atoms with E-state index in [-0.39, 0.29) is 6.04 Å². The van der Waals surface area contributed by atoms with Gasteiger partial charge in [-0.1, -0.05) is 121 Å². The highest BCUT2D eigenvalue weighted by Gasteiger charge is 2.17. The maximum absolute atomic E-state index is 5.14. The van der Waals surface area contributed by atoms with Crippen LogP contribution in [0.15, 0.2) is 188 Å². The summed E-state index contributed by atoms with van der Waals surface area (Å²) in [7, 11) is 0. The van der Waals surface area contributed by atoms with Crippen molar-refractivity contribution in [3.8, 4) is 56.0 Å². The molecule has 7 aromatic rings. The van der Waals surface area contributed by atoms with Crippen molar-refractivity contribution in [2.75, 3.05) is 0 Å². The van der Waals surface area contributed by atoms with Gasteiger partial charge in [0.25, 0.3) is 0 Å². The van der Waals surface area contributed by atoms with E-state index in [2.05, 4.69) is 169 Å². The summed E-state index contributed by atoms with van der Waals surface area (Å²) in [5, 5.41) is 3.61. The molecule has 1 aliphatic heterocycles. The van der Waals surface area contributed by atoms with Gasteiger partial charge in [0.15, 0.2) is 0 Å². The van der Waals surface area contributed by atoms with Gasteiger partial charge >= 0.3 is 0 Å². The van der Waals surface area contributed by atoms with Gasteiger partial charge in [-0.25, -0.2) is 4.98 Å². The topological polar surface area (TPSA) is 37.8 Å². The van der Waals surface area contributed by atoms with Crippen LogP contribution in [0.5, 0.6) is 0 Å². The predicted octanol–water partition coefficient (Wildman–Crippen LogP) is 11.1. The Kier molecular flexibility index (Phi) is 8.00. The minimum atomic E-state index is -0.0229. The molecule has 8 rings (SSSR count). The van der Waals surface area contributed by atoms with Gasteiger partial charge in [-0.3, -0.25) is 4.98 Å². The molecule has 1 aliphatic rings. The van der Waals surface area contributed by atoms with Crippen LogP contribution in [0.25, 0.3) is 61.6 Å². The molecular weight excluding hydrogens is 583 g/mol. The average Bonchev–Trinajstić information content (AvgIpc) is 3.19. The maximum atomic E-state index is 5.14. The summed E-state index contributed by atoms with van der Waals surface area (Å²) in [5.41, 5.74) is 14.1. The maximum Gasteiger partial charge on any atom is 0.0715 e. The van der Waals surface area contributed by atoms with Crippen LogP contribution >= 0.6 is 0 Å². The van der Waals surface area contributed by atoms with Crippen LogP contribution in [0.3, 0.4) is 0 Å². The lowest BCUT2D eigenvalue weighted by Crippen LogP contribution is -2.16. The van der Waals surface area contributed by atoms with Crippen molar-refractivity contribution in [1.29, 1.82) is 0 Å². The lowest BCUT2D eigenvalue weighted by atomic mass is 9.91. The standard InChI is InChI=1S/C45H33N3/c1-5-13-32(14-6-1)36-21-23-46-42(28-36)40-25-38(26-41(27-40)43-29-37(22-24-47-43)33-15-7-2-8-16-33)39-30-44(34-17-9-3-10-18-34)48-45(31-39)35-19-11-4-12-20-35/h1-31,42,46H. The Morgan fingerprint density at radius 1 is 0.417 bits per heavy atom. The van der Waals surface area contributed by atoms with E-state index in [4.69, 9.17) is 9.97 Å². The van der Waals surface area contributed by atoms with Crippen molar-refractivity contribution in [2.45, 2.75) is 6.04 Å². The Balaban J connectivity index is 1.31. The fraction of sp³-hybridized carbons (Fsp3) is 0.0222. The summed E-state index contributed by atoms with van der Waals surface area (Å²) in [6.07, 6.45) is 8.42. The van der Waals surface area contributed by atoms with Crippen molar-refractivity contribution in [3.05, 3.63) is 199 Å². The van der Waals surface area contributed by atoms with Gasteiger partial charge in [-0.2, -0.15) is 0 Å². The molecule has 3 heteroatoms. The van der Waals surface area contributed by atoms with Crippen molar-refractivity contribution >= 4 is 5.57 Å². The number of nitrogens with one attached hydrogen (secondary N) is 1. The first-order valence-electron chi connectivity index (χ1n) is 16.3. The Morgan fingerprint density at radius 2 is 0.938 bits per heavy atom. The van der Waals surface area contributed by atoms with E-state index in [0.717, 1.165) is 56.0 Å². The van der Waals surface area contributed by atoms with Crippen LogP contribution in [0.1, 0.15) is 17.2 Å². The monoisotopic (exact) mass is 615 g/mol. The summed E-state index contributed by atoms with van der Waals surface area (Å²) >= 11 is 0. The summed E-state index contributed by atoms with van der Waals surface area (Å²) in [5.74, 6) is 0. The molecule has 0 amide bonds. The van der Waals surface area contributed by atoms with Gasteiger partial charge in [0.05, 0.1) is 23.1 Å². The summed E-state index contributed by atoms with van der Waals surface area (Å²) in [6, 6.07) is 57.3. The fourth-order valence-electron chi connectivity index (χ4n) is 6.30. The van der Waals surface area contributed by atoms with Gasteiger partial charge in [-0.15, -0.1) is 0 Å². The van der Waals surface area contributed by atoms with Crippen LogP contribution in [0.4, 0.5) is 0 Å². The van der Waals surface area contributed by atoms with Crippen molar-refractivity contribution < 1.29 is 0 Å². The molecule has 0 aliphatic carbocycles. The number of hydrogen-bond donors (Lipinski definition) is 1. The zero-order chi connectivity index (χ0) is 32.1. The van der Waals surface area contributed by atoms with E-state index >= 15 is 0 Å². The number of rotatable bonds is 7. The third-order valence-electron chi connectivity index (χ3n) is 8.77. The van der Waals surface area contributed by atoms with Gasteiger partial charge in [0.2, 0.25) is 0 Å². The summed E-state index contributed by atoms with van der Waals surface area (Å²) in [6.45, 7) is 0. The van der Waals surface area contributed by atoms with Crippen LogP contribution in [-0.2, 0) is 0 Å². The van der Waals surface area contributed by atoms with Crippen LogP contribution in [0, 0.1) is 0 Å². The number of dihydropyridines is 1. The number of benzene rings is 5. The quantitative estimate of drug-likeness (QED) is 0.194. The predicted molar refractivity (Wildman–Crippen MR) is 199 cm³/mol. The molecule has 0 bridgehead atoms. The van der Waals surface area contributed by atoms with E-state index in [1.54, 1.807) is 0 Å². The Hall–Kier alpha value is -6.32. The molecule has 0 saturated heterocycles. The Bertz CT molecular complexity index is 2180. The lowest BCUT2D eigenvalue weighted by molar-refractivity contribution is 0.750. The van der Waals surface area contributed by atoms with E-state index in [1.807, 2.05) is 24.4 Å². The number of pyridine rings is 2. The molecule has 5 aromatic carbocycles. The number of hydrogen-bond acceptors (Lipinski definition) is 3. The largest absolute Gasteiger partial charge is 0.381 e. The molecule has 228 valence electrons. The highest BCUT2D eigenvalue weighted by Crippen LogP contribution is 2.36. The second-order valence-corrected chi connectivity index (χ2v) is 12.0. The second kappa shape index (κ2) is 13.2. The smallest absolute Gasteiger partial charge is 0.0715 e. The number of aromatic nitrogens is 2.